The van der Waals surface area contributed by atoms with Crippen molar-refractivity contribution in [3.63, 3.8) is 0 Å². The quantitative estimate of drug-likeness (QED) is 0.788. The number of anilines is 1. The number of aromatic nitrogens is 2. The largest absolute Gasteiger partial charge is 0.416 e. The lowest BCUT2D eigenvalue weighted by Crippen LogP contribution is -2.43. The Bertz CT molecular complexity index is 728. The Balaban J connectivity index is 1.56. The van der Waals surface area contributed by atoms with Crippen LogP contribution >= 0.6 is 11.6 Å². The first-order valence-electron chi connectivity index (χ1n) is 8.43. The predicted molar refractivity (Wildman–Crippen MR) is 95.2 cm³/mol. The van der Waals surface area contributed by atoms with E-state index in [0.717, 1.165) is 37.8 Å². The number of rotatable bonds is 4. The fourth-order valence-corrected chi connectivity index (χ4v) is 3.35. The maximum absolute atomic E-state index is 12.8. The molecule has 140 valence electrons. The molecule has 1 saturated heterocycles. The molecule has 0 atom stereocenters. The van der Waals surface area contributed by atoms with Gasteiger partial charge in [0.05, 0.1) is 5.56 Å². The molecule has 0 aliphatic carbocycles. The second kappa shape index (κ2) is 7.80. The van der Waals surface area contributed by atoms with Gasteiger partial charge in [0.25, 0.3) is 0 Å². The molecule has 2 aromatic rings. The zero-order valence-electron chi connectivity index (χ0n) is 14.4. The van der Waals surface area contributed by atoms with Crippen molar-refractivity contribution in [2.75, 3.05) is 25.0 Å². The molecule has 0 bridgehead atoms. The Morgan fingerprint density at radius 3 is 2.50 bits per heavy atom. The van der Waals surface area contributed by atoms with Gasteiger partial charge in [0.1, 0.15) is 0 Å². The molecule has 1 aliphatic rings. The Morgan fingerprint density at radius 2 is 1.88 bits per heavy atom. The minimum absolute atomic E-state index is 0.322. The van der Waals surface area contributed by atoms with Gasteiger partial charge in [-0.1, -0.05) is 29.8 Å². The fraction of sp³-hybridized carbons (Fsp3) is 0.444. The van der Waals surface area contributed by atoms with Gasteiger partial charge in [-0.25, -0.2) is 0 Å². The summed E-state index contributed by atoms with van der Waals surface area (Å²) in [6, 6.07) is 9.44. The molecule has 0 unspecified atom stereocenters. The number of alkyl halides is 3. The van der Waals surface area contributed by atoms with E-state index in [1.165, 1.54) is 12.1 Å². The molecule has 1 aromatic carbocycles. The smallest absolute Gasteiger partial charge is 0.355 e. The Kier molecular flexibility index (Phi) is 5.67. The van der Waals surface area contributed by atoms with Gasteiger partial charge in [-0.05, 0) is 36.6 Å². The lowest BCUT2D eigenvalue weighted by atomic mass is 10.0. The van der Waals surface area contributed by atoms with Crippen molar-refractivity contribution < 1.29 is 13.2 Å². The monoisotopic (exact) mass is 384 g/mol. The molecule has 0 spiro atoms. The van der Waals surface area contributed by atoms with Gasteiger partial charge >= 0.3 is 6.18 Å². The molecule has 1 aliphatic heterocycles. The van der Waals surface area contributed by atoms with Crippen molar-refractivity contribution in [3.8, 4) is 0 Å². The highest BCUT2D eigenvalue weighted by Crippen LogP contribution is 2.30. The van der Waals surface area contributed by atoms with Crippen LogP contribution < -0.4 is 4.90 Å². The molecule has 0 radical (unpaired) electrons. The maximum atomic E-state index is 12.8. The molecule has 2 heterocycles. The molecule has 3 rings (SSSR count). The molecule has 1 aromatic heterocycles. The van der Waals surface area contributed by atoms with Crippen molar-refractivity contribution in [3.05, 3.63) is 52.7 Å². The van der Waals surface area contributed by atoms with Crippen LogP contribution in [0.15, 0.2) is 36.4 Å². The average molecular weight is 385 g/mol. The van der Waals surface area contributed by atoms with Gasteiger partial charge in [0.2, 0.25) is 0 Å². The molecule has 0 saturated carbocycles. The standard InChI is InChI=1S/C18H20ClF3N4/c1-25(17-6-5-16(19)23-24-17)15-7-9-26(10-8-15)12-13-3-2-4-14(11-13)18(20,21)22/h2-6,11,15H,7-10,12H2,1H3. The summed E-state index contributed by atoms with van der Waals surface area (Å²) >= 11 is 5.77. The second-order valence-corrected chi connectivity index (χ2v) is 6.92. The van der Waals surface area contributed by atoms with E-state index in [2.05, 4.69) is 20.0 Å². The van der Waals surface area contributed by atoms with E-state index in [1.807, 2.05) is 13.1 Å². The third kappa shape index (κ3) is 4.65. The summed E-state index contributed by atoms with van der Waals surface area (Å²) in [5.41, 5.74) is 0.0983. The van der Waals surface area contributed by atoms with Gasteiger partial charge in [0, 0.05) is 32.7 Å². The second-order valence-electron chi connectivity index (χ2n) is 6.53. The lowest BCUT2D eigenvalue weighted by Gasteiger charge is -2.37. The van der Waals surface area contributed by atoms with Crippen LogP contribution in [0.25, 0.3) is 0 Å². The zero-order valence-corrected chi connectivity index (χ0v) is 15.1. The maximum Gasteiger partial charge on any atom is 0.416 e. The van der Waals surface area contributed by atoms with Crippen LogP contribution in [-0.4, -0.2) is 41.3 Å². The van der Waals surface area contributed by atoms with Gasteiger partial charge in [0.15, 0.2) is 11.0 Å². The number of halogens is 4. The number of nitrogens with zero attached hydrogens (tertiary/aromatic N) is 4. The summed E-state index contributed by atoms with van der Waals surface area (Å²) in [6.45, 7) is 2.18. The normalized spacial score (nSPS) is 16.7. The number of likely N-dealkylation sites (tertiary alicyclic amines) is 1. The Morgan fingerprint density at radius 1 is 1.15 bits per heavy atom. The number of hydrogen-bond acceptors (Lipinski definition) is 4. The van der Waals surface area contributed by atoms with Gasteiger partial charge in [-0.15, -0.1) is 10.2 Å². The van der Waals surface area contributed by atoms with E-state index < -0.39 is 11.7 Å². The van der Waals surface area contributed by atoms with Crippen molar-refractivity contribution >= 4 is 17.4 Å². The zero-order chi connectivity index (χ0) is 18.7. The summed E-state index contributed by atoms with van der Waals surface area (Å²) in [6.07, 6.45) is -2.47. The van der Waals surface area contributed by atoms with Gasteiger partial charge in [-0.3, -0.25) is 4.90 Å². The van der Waals surface area contributed by atoms with E-state index in [-0.39, 0.29) is 0 Å². The van der Waals surface area contributed by atoms with Crippen LogP contribution in [0.2, 0.25) is 5.15 Å². The highest BCUT2D eigenvalue weighted by Gasteiger charge is 2.30. The van der Waals surface area contributed by atoms with E-state index in [1.54, 1.807) is 12.1 Å². The first kappa shape index (κ1) is 18.9. The Hall–Kier alpha value is -1.86. The van der Waals surface area contributed by atoms with Crippen molar-refractivity contribution in [2.24, 2.45) is 0 Å². The van der Waals surface area contributed by atoms with Crippen molar-refractivity contribution in [1.82, 2.24) is 15.1 Å². The fourth-order valence-electron chi connectivity index (χ4n) is 3.25. The van der Waals surface area contributed by atoms with E-state index >= 15 is 0 Å². The molecular formula is C18H20ClF3N4. The minimum atomic E-state index is -4.30. The average Bonchev–Trinajstić information content (AvgIpc) is 2.62. The van der Waals surface area contributed by atoms with Crippen LogP contribution in [-0.2, 0) is 12.7 Å². The third-order valence-corrected chi connectivity index (χ3v) is 4.95. The van der Waals surface area contributed by atoms with Crippen LogP contribution in [0.5, 0.6) is 0 Å². The highest BCUT2D eigenvalue weighted by molar-refractivity contribution is 6.29. The number of benzene rings is 1. The van der Waals surface area contributed by atoms with E-state index in [4.69, 9.17) is 11.6 Å². The molecule has 4 nitrogen and oxygen atoms in total. The first-order valence-corrected chi connectivity index (χ1v) is 8.81. The number of hydrogen-bond donors (Lipinski definition) is 0. The van der Waals surface area contributed by atoms with Crippen LogP contribution in [0.4, 0.5) is 19.0 Å². The summed E-state index contributed by atoms with van der Waals surface area (Å²) in [4.78, 5) is 4.28. The summed E-state index contributed by atoms with van der Waals surface area (Å²) in [5, 5.41) is 8.32. The van der Waals surface area contributed by atoms with E-state index in [9.17, 15) is 13.2 Å². The van der Waals surface area contributed by atoms with Crippen LogP contribution in [0, 0.1) is 0 Å². The van der Waals surface area contributed by atoms with Gasteiger partial charge < -0.3 is 4.90 Å². The molecule has 1 fully saturated rings. The summed E-state index contributed by atoms with van der Waals surface area (Å²) < 4.78 is 38.5. The molecule has 0 N–H and O–H groups in total. The summed E-state index contributed by atoms with van der Waals surface area (Å²) in [5.74, 6) is 0.769. The topological polar surface area (TPSA) is 32.3 Å². The first-order chi connectivity index (χ1) is 12.3. The van der Waals surface area contributed by atoms with Crippen LogP contribution in [0.3, 0.4) is 0 Å². The molecule has 8 heteroatoms. The molecule has 26 heavy (non-hydrogen) atoms. The van der Waals surface area contributed by atoms with Crippen molar-refractivity contribution in [1.29, 1.82) is 0 Å². The SMILES string of the molecule is CN(c1ccc(Cl)nn1)C1CCN(Cc2cccc(C(F)(F)F)c2)CC1. The van der Waals surface area contributed by atoms with E-state index in [0.29, 0.717) is 23.3 Å². The van der Waals surface area contributed by atoms with Crippen molar-refractivity contribution in [2.45, 2.75) is 31.6 Å². The third-order valence-electron chi connectivity index (χ3n) is 4.74. The summed E-state index contributed by atoms with van der Waals surface area (Å²) in [7, 11) is 1.98. The minimum Gasteiger partial charge on any atom is -0.355 e. The number of piperidine rings is 1. The van der Waals surface area contributed by atoms with Crippen LogP contribution in [0.1, 0.15) is 24.0 Å². The predicted octanol–water partition coefficient (Wildman–Crippen LogP) is 4.25. The molecular weight excluding hydrogens is 365 g/mol. The molecule has 0 amide bonds. The van der Waals surface area contributed by atoms with Gasteiger partial charge in [-0.2, -0.15) is 13.2 Å². The Labute approximate surface area is 155 Å². The lowest BCUT2D eigenvalue weighted by molar-refractivity contribution is -0.137. The highest BCUT2D eigenvalue weighted by atomic mass is 35.5.